The quantitative estimate of drug-likeness (QED) is 0.535. The lowest BCUT2D eigenvalue weighted by atomic mass is 10.1. The second-order valence-electron chi connectivity index (χ2n) is 3.02. The molecule has 1 aromatic rings. The van der Waals surface area contributed by atoms with Gasteiger partial charge in [-0.15, -0.1) is 0 Å². The second-order valence-corrected chi connectivity index (χ2v) is 5.44. The molecule has 0 radical (unpaired) electrons. The Morgan fingerprint density at radius 2 is 1.59 bits per heavy atom. The molecule has 0 saturated heterocycles. The summed E-state index contributed by atoms with van der Waals surface area (Å²) in [5, 5.41) is 0. The molecule has 0 aromatic heterocycles. The minimum Gasteiger partial charge on any atom is -0.282 e. The lowest BCUT2D eigenvalue weighted by Gasteiger charge is -2.03. The first kappa shape index (κ1) is 14.5. The van der Waals surface area contributed by atoms with Gasteiger partial charge in [0, 0.05) is 4.47 Å². The molecule has 0 unspecified atom stereocenters. The van der Waals surface area contributed by atoms with Crippen molar-refractivity contribution >= 4 is 69.3 Å². The minimum atomic E-state index is -0.209. The molecule has 1 aromatic carbocycles. The van der Waals surface area contributed by atoms with Crippen LogP contribution in [-0.2, 0) is 9.59 Å². The van der Waals surface area contributed by atoms with Crippen molar-refractivity contribution in [2.45, 2.75) is 0 Å². The van der Waals surface area contributed by atoms with E-state index in [4.69, 9.17) is 0 Å². The molecule has 0 aliphatic heterocycles. The summed E-state index contributed by atoms with van der Waals surface area (Å²) in [5.74, 6) is 0. The van der Waals surface area contributed by atoms with E-state index in [0.717, 1.165) is 15.6 Å². The number of hydrogen-bond donors (Lipinski definition) is 0. The number of allylic oxidation sites excluding steroid dienone is 2. The summed E-state index contributed by atoms with van der Waals surface area (Å²) < 4.78 is 0.440. The summed E-state index contributed by atoms with van der Waals surface area (Å²) in [4.78, 5) is 21.7. The van der Waals surface area contributed by atoms with E-state index in [0.29, 0.717) is 0 Å². The van der Waals surface area contributed by atoms with Crippen molar-refractivity contribution in [3.05, 3.63) is 46.0 Å². The third kappa shape index (κ3) is 5.10. The molecule has 0 saturated carbocycles. The van der Waals surface area contributed by atoms with Gasteiger partial charge in [0.2, 0.25) is 9.39 Å². The van der Waals surface area contributed by atoms with Crippen LogP contribution in [0.25, 0.3) is 12.2 Å². The van der Waals surface area contributed by atoms with Crippen LogP contribution in [0.3, 0.4) is 0 Å². The van der Waals surface area contributed by atoms with Crippen molar-refractivity contribution in [1.29, 1.82) is 0 Å². The van der Waals surface area contributed by atoms with Crippen LogP contribution in [0.15, 0.2) is 34.8 Å². The topological polar surface area (TPSA) is 34.1 Å². The van der Waals surface area contributed by atoms with Gasteiger partial charge in [0.1, 0.15) is 0 Å². The first-order chi connectivity index (χ1) is 8.00. The Hall–Kier alpha value is -0.520. The molecule has 0 aliphatic rings. The molecule has 2 nitrogen and oxygen atoms in total. The average molecular weight is 423 g/mol. The predicted octanol–water partition coefficient (Wildman–Crippen LogP) is 4.32. The molecular formula is C12H7Br3O2. The number of benzene rings is 1. The fraction of sp³-hybridized carbons (Fsp3) is 0. The smallest absolute Gasteiger partial charge is 0.220 e. The van der Waals surface area contributed by atoms with E-state index in [1.165, 1.54) is 12.2 Å². The summed E-state index contributed by atoms with van der Waals surface area (Å²) in [5.41, 5.74) is 1.68. The van der Waals surface area contributed by atoms with Crippen molar-refractivity contribution in [2.24, 2.45) is 0 Å². The van der Waals surface area contributed by atoms with Crippen molar-refractivity contribution in [3.8, 4) is 0 Å². The SMILES string of the molecule is O=C(Br)C=Cc1cccc(Br)c1C=CC(=O)Br. The Bertz CT molecular complexity index is 504. The third-order valence-corrected chi connectivity index (χ3v) is 3.08. The van der Waals surface area contributed by atoms with Crippen LogP contribution >= 0.6 is 47.8 Å². The van der Waals surface area contributed by atoms with Crippen LogP contribution in [0.1, 0.15) is 11.1 Å². The molecule has 0 bridgehead atoms. The maximum absolute atomic E-state index is 10.8. The molecule has 0 amide bonds. The number of rotatable bonds is 4. The minimum absolute atomic E-state index is 0.205. The number of carbonyl (C=O) groups is 2. The van der Waals surface area contributed by atoms with Crippen molar-refractivity contribution < 1.29 is 9.59 Å². The highest BCUT2D eigenvalue weighted by Crippen LogP contribution is 2.23. The number of halogens is 3. The zero-order chi connectivity index (χ0) is 12.8. The van der Waals surface area contributed by atoms with Gasteiger partial charge in [-0.05, 0) is 73.4 Å². The van der Waals surface area contributed by atoms with Crippen LogP contribution in [0.4, 0.5) is 0 Å². The second kappa shape index (κ2) is 7.03. The van der Waals surface area contributed by atoms with Crippen LogP contribution in [0, 0.1) is 0 Å². The molecule has 1 rings (SSSR count). The summed E-state index contributed by atoms with van der Waals surface area (Å²) in [6.07, 6.45) is 6.18. The largest absolute Gasteiger partial charge is 0.282 e. The van der Waals surface area contributed by atoms with Crippen molar-refractivity contribution in [2.75, 3.05) is 0 Å². The molecule has 0 aliphatic carbocycles. The van der Waals surface area contributed by atoms with Crippen molar-refractivity contribution in [3.63, 3.8) is 0 Å². The maximum Gasteiger partial charge on any atom is 0.220 e. The third-order valence-electron chi connectivity index (χ3n) is 1.86. The number of hydrogen-bond acceptors (Lipinski definition) is 2. The first-order valence-corrected chi connectivity index (χ1v) is 6.92. The molecule has 0 spiro atoms. The Kier molecular flexibility index (Phi) is 6.02. The van der Waals surface area contributed by atoms with Gasteiger partial charge < -0.3 is 0 Å². The Balaban J connectivity index is 3.17. The molecule has 5 heteroatoms. The normalized spacial score (nSPS) is 11.2. The molecule has 0 N–H and O–H groups in total. The van der Waals surface area contributed by atoms with E-state index in [9.17, 15) is 9.59 Å². The standard InChI is InChI=1S/C12H7Br3O2/c13-10-3-1-2-8(4-6-11(14)16)9(10)5-7-12(15)17/h1-7H. The van der Waals surface area contributed by atoms with Gasteiger partial charge in [-0.1, -0.05) is 28.1 Å². The van der Waals surface area contributed by atoms with Crippen molar-refractivity contribution in [1.82, 2.24) is 0 Å². The van der Waals surface area contributed by atoms with Gasteiger partial charge >= 0.3 is 0 Å². The fourth-order valence-electron chi connectivity index (χ4n) is 1.18. The van der Waals surface area contributed by atoms with E-state index in [1.54, 1.807) is 12.2 Å². The lowest BCUT2D eigenvalue weighted by molar-refractivity contribution is -0.107. The van der Waals surface area contributed by atoms with Gasteiger partial charge in [0.25, 0.3) is 0 Å². The zero-order valence-electron chi connectivity index (χ0n) is 8.49. The van der Waals surface area contributed by atoms with Crippen LogP contribution in [0.2, 0.25) is 0 Å². The van der Waals surface area contributed by atoms with Crippen LogP contribution < -0.4 is 0 Å². The molecule has 0 atom stereocenters. The lowest BCUT2D eigenvalue weighted by Crippen LogP contribution is -1.85. The molecular weight excluding hydrogens is 416 g/mol. The molecule has 88 valence electrons. The number of carbonyl (C=O) groups excluding carboxylic acids is 2. The summed E-state index contributed by atoms with van der Waals surface area (Å²) >= 11 is 9.04. The van der Waals surface area contributed by atoms with Gasteiger partial charge in [-0.25, -0.2) is 0 Å². The monoisotopic (exact) mass is 420 g/mol. The Morgan fingerprint density at radius 3 is 2.18 bits per heavy atom. The van der Waals surface area contributed by atoms with E-state index in [-0.39, 0.29) is 9.39 Å². The highest BCUT2D eigenvalue weighted by atomic mass is 79.9. The van der Waals surface area contributed by atoms with E-state index in [2.05, 4.69) is 47.8 Å². The highest BCUT2D eigenvalue weighted by Gasteiger charge is 2.01. The Morgan fingerprint density at radius 1 is 1.00 bits per heavy atom. The van der Waals surface area contributed by atoms with E-state index >= 15 is 0 Å². The van der Waals surface area contributed by atoms with Gasteiger partial charge in [0.05, 0.1) is 0 Å². The van der Waals surface area contributed by atoms with Gasteiger partial charge in [0.15, 0.2) is 0 Å². The summed E-state index contributed by atoms with van der Waals surface area (Å²) in [7, 11) is 0. The molecule has 0 fully saturated rings. The summed E-state index contributed by atoms with van der Waals surface area (Å²) in [6, 6.07) is 5.58. The molecule has 0 heterocycles. The Labute approximate surface area is 124 Å². The highest BCUT2D eigenvalue weighted by molar-refractivity contribution is 9.18. The van der Waals surface area contributed by atoms with E-state index in [1.807, 2.05) is 18.2 Å². The summed E-state index contributed by atoms with van der Waals surface area (Å²) in [6.45, 7) is 0. The average Bonchev–Trinajstić information content (AvgIpc) is 2.24. The van der Waals surface area contributed by atoms with Gasteiger partial charge in [-0.2, -0.15) is 0 Å². The van der Waals surface area contributed by atoms with Gasteiger partial charge in [-0.3, -0.25) is 9.59 Å². The van der Waals surface area contributed by atoms with Crippen LogP contribution in [0.5, 0.6) is 0 Å². The fourth-order valence-corrected chi connectivity index (χ4v) is 1.96. The zero-order valence-corrected chi connectivity index (χ0v) is 13.2. The van der Waals surface area contributed by atoms with E-state index < -0.39 is 0 Å². The van der Waals surface area contributed by atoms with Crippen LogP contribution in [-0.4, -0.2) is 9.39 Å². The maximum atomic E-state index is 10.8. The molecule has 17 heavy (non-hydrogen) atoms. The first-order valence-electron chi connectivity index (χ1n) is 4.54. The predicted molar refractivity (Wildman–Crippen MR) is 80.1 cm³/mol.